The fourth-order valence-corrected chi connectivity index (χ4v) is 3.88. The molecule has 3 N–H and O–H groups in total. The molecule has 3 rings (SSSR count). The van der Waals surface area contributed by atoms with Crippen LogP contribution in [0.15, 0.2) is 48.5 Å². The average Bonchev–Trinajstić information content (AvgIpc) is 3.05. The van der Waals surface area contributed by atoms with Gasteiger partial charge in [0, 0.05) is 18.9 Å². The first-order valence-corrected chi connectivity index (χ1v) is 10.5. The molecule has 0 spiro atoms. The maximum Gasteiger partial charge on any atom is 0.407 e. The Balaban J connectivity index is 1.48. The Labute approximate surface area is 181 Å². The van der Waals surface area contributed by atoms with Gasteiger partial charge in [0.25, 0.3) is 0 Å². The summed E-state index contributed by atoms with van der Waals surface area (Å²) in [6.45, 7) is 3.93. The highest BCUT2D eigenvalue weighted by atomic mass is 16.5. The highest BCUT2D eigenvalue weighted by Gasteiger charge is 2.29. The smallest absolute Gasteiger partial charge is 0.407 e. The summed E-state index contributed by atoms with van der Waals surface area (Å²) >= 11 is 0. The van der Waals surface area contributed by atoms with E-state index in [-0.39, 0.29) is 30.8 Å². The van der Waals surface area contributed by atoms with Crippen LogP contribution in [0.25, 0.3) is 11.1 Å². The summed E-state index contributed by atoms with van der Waals surface area (Å²) in [4.78, 5) is 35.1. The summed E-state index contributed by atoms with van der Waals surface area (Å²) in [6, 6.07) is 15.4. The van der Waals surface area contributed by atoms with Crippen molar-refractivity contribution < 1.29 is 24.2 Å². The van der Waals surface area contributed by atoms with Crippen LogP contribution < -0.4 is 10.6 Å². The molecule has 0 bridgehead atoms. The summed E-state index contributed by atoms with van der Waals surface area (Å²) in [6.07, 6.45) is -0.0391. The highest BCUT2D eigenvalue weighted by molar-refractivity contribution is 5.85. The van der Waals surface area contributed by atoms with Crippen LogP contribution in [0.4, 0.5) is 4.79 Å². The lowest BCUT2D eigenvalue weighted by molar-refractivity contribution is -0.138. The van der Waals surface area contributed by atoms with Crippen molar-refractivity contribution in [1.29, 1.82) is 0 Å². The van der Waals surface area contributed by atoms with Crippen molar-refractivity contribution in [2.75, 3.05) is 13.2 Å². The van der Waals surface area contributed by atoms with Gasteiger partial charge in [-0.1, -0.05) is 55.5 Å². The standard InChI is InChI=1S/C24H28N2O5/c1-15(13-22(27)28)11-12-25-23(29)16(2)26-24(30)31-14-21-19-9-5-3-7-17(19)18-8-4-6-10-20(18)21/h3-10,15-16,21H,11-14H2,1-2H3,(H,25,29)(H,26,30)(H,27,28)/t15?,16-/m0/s1. The van der Waals surface area contributed by atoms with Crippen LogP contribution in [0.1, 0.15) is 43.7 Å². The average molecular weight is 424 g/mol. The number of carboxylic acid groups (broad SMARTS) is 1. The van der Waals surface area contributed by atoms with Crippen molar-refractivity contribution in [1.82, 2.24) is 10.6 Å². The number of carbonyl (C=O) groups is 3. The predicted octanol–water partition coefficient (Wildman–Crippen LogP) is 3.53. The molecule has 0 aliphatic heterocycles. The minimum atomic E-state index is -0.857. The van der Waals surface area contributed by atoms with Crippen molar-refractivity contribution in [3.05, 3.63) is 59.7 Å². The van der Waals surface area contributed by atoms with E-state index < -0.39 is 18.1 Å². The topological polar surface area (TPSA) is 105 Å². The molecule has 2 atom stereocenters. The monoisotopic (exact) mass is 424 g/mol. The molecule has 2 aromatic rings. The van der Waals surface area contributed by atoms with E-state index in [1.54, 1.807) is 6.92 Å². The second-order valence-corrected chi connectivity index (χ2v) is 7.97. The van der Waals surface area contributed by atoms with Crippen LogP contribution >= 0.6 is 0 Å². The molecule has 2 amide bonds. The van der Waals surface area contributed by atoms with Gasteiger partial charge in [0.1, 0.15) is 12.6 Å². The Morgan fingerprint density at radius 3 is 2.16 bits per heavy atom. The number of benzene rings is 2. The molecule has 1 aliphatic carbocycles. The fourth-order valence-electron chi connectivity index (χ4n) is 3.88. The third-order valence-corrected chi connectivity index (χ3v) is 5.53. The summed E-state index contributed by atoms with van der Waals surface area (Å²) in [5.74, 6) is -1.28. The molecule has 0 saturated heterocycles. The lowest BCUT2D eigenvalue weighted by Crippen LogP contribution is -2.45. The second kappa shape index (κ2) is 10.1. The molecule has 0 saturated carbocycles. The van der Waals surface area contributed by atoms with E-state index in [1.807, 2.05) is 43.3 Å². The Kier molecular flexibility index (Phi) is 7.28. The normalized spacial score (nSPS) is 14.1. The van der Waals surface area contributed by atoms with Gasteiger partial charge in [-0.2, -0.15) is 0 Å². The number of hydrogen-bond acceptors (Lipinski definition) is 4. The summed E-state index contributed by atoms with van der Waals surface area (Å²) in [5, 5.41) is 14.0. The van der Waals surface area contributed by atoms with Gasteiger partial charge in [0.15, 0.2) is 0 Å². The van der Waals surface area contributed by atoms with Gasteiger partial charge in [-0.05, 0) is 41.5 Å². The van der Waals surface area contributed by atoms with E-state index in [4.69, 9.17) is 9.84 Å². The number of aliphatic carboxylic acids is 1. The predicted molar refractivity (Wildman–Crippen MR) is 117 cm³/mol. The molecule has 0 fully saturated rings. The number of fused-ring (bicyclic) bond motifs is 3. The lowest BCUT2D eigenvalue weighted by atomic mass is 9.98. The number of rotatable bonds is 9. The van der Waals surface area contributed by atoms with Gasteiger partial charge < -0.3 is 20.5 Å². The van der Waals surface area contributed by atoms with E-state index >= 15 is 0 Å². The quantitative estimate of drug-likeness (QED) is 0.571. The number of carbonyl (C=O) groups excluding carboxylic acids is 2. The van der Waals surface area contributed by atoms with E-state index in [0.29, 0.717) is 13.0 Å². The lowest BCUT2D eigenvalue weighted by Gasteiger charge is -2.17. The van der Waals surface area contributed by atoms with E-state index in [0.717, 1.165) is 22.3 Å². The maximum absolute atomic E-state index is 12.3. The number of amides is 2. The first-order valence-electron chi connectivity index (χ1n) is 10.5. The van der Waals surface area contributed by atoms with E-state index in [1.165, 1.54) is 0 Å². The number of nitrogens with one attached hydrogen (secondary N) is 2. The SMILES string of the molecule is CC(CCNC(=O)[C@H](C)NC(=O)OCC1c2ccccc2-c2ccccc21)CC(=O)O. The van der Waals surface area contributed by atoms with Crippen LogP contribution in [0.2, 0.25) is 0 Å². The summed E-state index contributed by atoms with van der Waals surface area (Å²) in [7, 11) is 0. The molecule has 1 unspecified atom stereocenters. The van der Waals surface area contributed by atoms with E-state index in [9.17, 15) is 14.4 Å². The Morgan fingerprint density at radius 2 is 1.58 bits per heavy atom. The molecule has 0 heterocycles. The van der Waals surface area contributed by atoms with Gasteiger partial charge in [0.2, 0.25) is 5.91 Å². The highest BCUT2D eigenvalue weighted by Crippen LogP contribution is 2.44. The zero-order valence-electron chi connectivity index (χ0n) is 17.8. The Hall–Kier alpha value is -3.35. The Morgan fingerprint density at radius 1 is 1.00 bits per heavy atom. The Bertz CT molecular complexity index is 913. The van der Waals surface area contributed by atoms with Crippen LogP contribution in [-0.4, -0.2) is 42.3 Å². The molecule has 1 aliphatic rings. The van der Waals surface area contributed by atoms with Gasteiger partial charge in [-0.3, -0.25) is 9.59 Å². The minimum absolute atomic E-state index is 0.0387. The molecular weight excluding hydrogens is 396 g/mol. The first kappa shape index (κ1) is 22.3. The minimum Gasteiger partial charge on any atom is -0.481 e. The largest absolute Gasteiger partial charge is 0.481 e. The van der Waals surface area contributed by atoms with Crippen molar-refractivity contribution in [3.63, 3.8) is 0 Å². The molecule has 0 radical (unpaired) electrons. The maximum atomic E-state index is 12.3. The van der Waals surface area contributed by atoms with Crippen molar-refractivity contribution in [2.45, 2.75) is 38.6 Å². The summed E-state index contributed by atoms with van der Waals surface area (Å²) in [5.41, 5.74) is 4.55. The zero-order chi connectivity index (χ0) is 22.4. The molecule has 164 valence electrons. The van der Waals surface area contributed by atoms with Gasteiger partial charge >= 0.3 is 12.1 Å². The van der Waals surface area contributed by atoms with Gasteiger partial charge in [-0.25, -0.2) is 4.79 Å². The first-order chi connectivity index (χ1) is 14.9. The van der Waals surface area contributed by atoms with Crippen molar-refractivity contribution >= 4 is 18.0 Å². The molecule has 7 heteroatoms. The molecule has 31 heavy (non-hydrogen) atoms. The van der Waals surface area contributed by atoms with Crippen LogP contribution in [0.3, 0.4) is 0 Å². The zero-order valence-corrected chi connectivity index (χ0v) is 17.8. The van der Waals surface area contributed by atoms with Crippen LogP contribution in [-0.2, 0) is 14.3 Å². The third-order valence-electron chi connectivity index (χ3n) is 5.53. The number of ether oxygens (including phenoxy) is 1. The second-order valence-electron chi connectivity index (χ2n) is 7.97. The molecular formula is C24H28N2O5. The fraction of sp³-hybridized carbons (Fsp3) is 0.375. The number of hydrogen-bond donors (Lipinski definition) is 3. The third kappa shape index (κ3) is 5.63. The number of carboxylic acids is 1. The molecule has 0 aromatic heterocycles. The van der Waals surface area contributed by atoms with Crippen molar-refractivity contribution in [2.24, 2.45) is 5.92 Å². The van der Waals surface area contributed by atoms with Gasteiger partial charge in [-0.15, -0.1) is 0 Å². The molecule has 7 nitrogen and oxygen atoms in total. The van der Waals surface area contributed by atoms with Crippen LogP contribution in [0.5, 0.6) is 0 Å². The van der Waals surface area contributed by atoms with Crippen LogP contribution in [0, 0.1) is 5.92 Å². The summed E-state index contributed by atoms with van der Waals surface area (Å²) < 4.78 is 5.45. The number of alkyl carbamates (subject to hydrolysis) is 1. The van der Waals surface area contributed by atoms with Gasteiger partial charge in [0.05, 0.1) is 0 Å². The van der Waals surface area contributed by atoms with Crippen molar-refractivity contribution in [3.8, 4) is 11.1 Å². The van der Waals surface area contributed by atoms with E-state index in [2.05, 4.69) is 22.8 Å². The molecule has 2 aromatic carbocycles.